The molecule has 1 aliphatic heterocycles. The van der Waals surface area contributed by atoms with Crippen molar-refractivity contribution in [3.63, 3.8) is 0 Å². The Bertz CT molecular complexity index is 533. The predicted octanol–water partition coefficient (Wildman–Crippen LogP) is 1.15. The molecule has 0 bridgehead atoms. The van der Waals surface area contributed by atoms with Crippen molar-refractivity contribution in [2.45, 2.75) is 19.4 Å². The molecule has 1 atom stereocenters. The molecule has 3 heterocycles. The normalized spacial score (nSPS) is 21.2. The van der Waals surface area contributed by atoms with Crippen LogP contribution in [0.4, 0.5) is 5.82 Å². The molecule has 17 heavy (non-hydrogen) atoms. The maximum absolute atomic E-state index is 4.42. The van der Waals surface area contributed by atoms with E-state index in [1.165, 1.54) is 6.42 Å². The van der Waals surface area contributed by atoms with Crippen molar-refractivity contribution in [1.29, 1.82) is 0 Å². The number of aryl methyl sites for hydroxylation is 1. The van der Waals surface area contributed by atoms with E-state index >= 15 is 0 Å². The molecule has 1 aliphatic rings. The number of nitrogens with zero attached hydrogens (tertiary/aromatic N) is 4. The first-order valence-electron chi connectivity index (χ1n) is 5.98. The van der Waals surface area contributed by atoms with Crippen molar-refractivity contribution in [2.75, 3.05) is 25.5 Å². The van der Waals surface area contributed by atoms with Crippen LogP contribution < -0.4 is 5.32 Å². The average Bonchev–Trinajstić information content (AvgIpc) is 2.84. The van der Waals surface area contributed by atoms with Crippen molar-refractivity contribution >= 4 is 11.3 Å². The summed E-state index contributed by atoms with van der Waals surface area (Å²) < 4.78 is 1.88. The second-order valence-corrected chi connectivity index (χ2v) is 4.78. The SMILES string of the molecule is Cc1cc2c(NC3CCN(C)C3)nccn2n1. The first kappa shape index (κ1) is 10.5. The molecule has 1 N–H and O–H groups in total. The molecule has 0 radical (unpaired) electrons. The van der Waals surface area contributed by atoms with Gasteiger partial charge in [0.15, 0.2) is 5.82 Å². The predicted molar refractivity (Wildman–Crippen MR) is 67.2 cm³/mol. The largest absolute Gasteiger partial charge is 0.364 e. The Morgan fingerprint density at radius 2 is 2.35 bits per heavy atom. The van der Waals surface area contributed by atoms with Crippen molar-refractivity contribution in [2.24, 2.45) is 0 Å². The summed E-state index contributed by atoms with van der Waals surface area (Å²) in [7, 11) is 2.15. The third-order valence-corrected chi connectivity index (χ3v) is 3.24. The van der Waals surface area contributed by atoms with Gasteiger partial charge in [0.2, 0.25) is 0 Å². The van der Waals surface area contributed by atoms with Crippen LogP contribution in [0.1, 0.15) is 12.1 Å². The molecule has 5 heteroatoms. The Labute approximate surface area is 100 Å². The molecule has 1 saturated heterocycles. The summed E-state index contributed by atoms with van der Waals surface area (Å²) in [5, 5.41) is 7.90. The Balaban J connectivity index is 1.89. The van der Waals surface area contributed by atoms with Gasteiger partial charge >= 0.3 is 0 Å². The molecule has 0 aliphatic carbocycles. The van der Waals surface area contributed by atoms with Gasteiger partial charge in [0.1, 0.15) is 5.52 Å². The summed E-state index contributed by atoms with van der Waals surface area (Å²) in [6.45, 7) is 4.23. The van der Waals surface area contributed by atoms with Gasteiger partial charge < -0.3 is 10.2 Å². The standard InChI is InChI=1S/C12H17N5/c1-9-7-11-12(13-4-6-17(11)15-9)14-10-3-5-16(2)8-10/h4,6-7,10H,3,5,8H2,1-2H3,(H,13,14). The van der Waals surface area contributed by atoms with Crippen LogP contribution in [-0.2, 0) is 0 Å². The number of hydrogen-bond donors (Lipinski definition) is 1. The number of nitrogens with one attached hydrogen (secondary N) is 1. The van der Waals surface area contributed by atoms with Crippen molar-refractivity contribution < 1.29 is 0 Å². The molecule has 3 rings (SSSR count). The zero-order chi connectivity index (χ0) is 11.8. The number of likely N-dealkylation sites (tertiary alicyclic amines) is 1. The fraction of sp³-hybridized carbons (Fsp3) is 0.500. The number of anilines is 1. The lowest BCUT2D eigenvalue weighted by molar-refractivity contribution is 0.414. The molecule has 0 amide bonds. The summed E-state index contributed by atoms with van der Waals surface area (Å²) in [5.41, 5.74) is 2.07. The van der Waals surface area contributed by atoms with Gasteiger partial charge in [0, 0.05) is 25.0 Å². The van der Waals surface area contributed by atoms with Crippen LogP contribution in [0.25, 0.3) is 5.52 Å². The van der Waals surface area contributed by atoms with Gasteiger partial charge in [-0.05, 0) is 33.0 Å². The number of aromatic nitrogens is 3. The summed E-state index contributed by atoms with van der Waals surface area (Å²) in [6.07, 6.45) is 4.85. The number of likely N-dealkylation sites (N-methyl/N-ethyl adjacent to an activating group) is 1. The van der Waals surface area contributed by atoms with E-state index in [1.807, 2.05) is 17.6 Å². The minimum absolute atomic E-state index is 0.494. The maximum atomic E-state index is 4.42. The minimum Gasteiger partial charge on any atom is -0.364 e. The van der Waals surface area contributed by atoms with E-state index in [2.05, 4.69) is 33.4 Å². The molecule has 0 aromatic carbocycles. The Kier molecular flexibility index (Phi) is 2.48. The second kappa shape index (κ2) is 4.00. The molecule has 0 spiro atoms. The molecular formula is C12H17N5. The first-order chi connectivity index (χ1) is 8.22. The highest BCUT2D eigenvalue weighted by atomic mass is 15.2. The van der Waals surface area contributed by atoms with Gasteiger partial charge in [0.05, 0.1) is 5.69 Å². The van der Waals surface area contributed by atoms with E-state index in [1.54, 1.807) is 6.20 Å². The molecular weight excluding hydrogens is 214 g/mol. The third-order valence-electron chi connectivity index (χ3n) is 3.24. The highest BCUT2D eigenvalue weighted by molar-refractivity contribution is 5.68. The van der Waals surface area contributed by atoms with E-state index in [0.29, 0.717) is 6.04 Å². The van der Waals surface area contributed by atoms with Crippen molar-refractivity contribution in [1.82, 2.24) is 19.5 Å². The molecule has 1 fully saturated rings. The van der Waals surface area contributed by atoms with E-state index in [-0.39, 0.29) is 0 Å². The van der Waals surface area contributed by atoms with Gasteiger partial charge in [-0.3, -0.25) is 0 Å². The van der Waals surface area contributed by atoms with Crippen LogP contribution in [0.5, 0.6) is 0 Å². The van der Waals surface area contributed by atoms with Crippen LogP contribution in [-0.4, -0.2) is 45.7 Å². The zero-order valence-corrected chi connectivity index (χ0v) is 10.2. The molecule has 1 unspecified atom stereocenters. The molecule has 90 valence electrons. The maximum Gasteiger partial charge on any atom is 0.152 e. The van der Waals surface area contributed by atoms with Gasteiger partial charge in [-0.25, -0.2) is 9.50 Å². The van der Waals surface area contributed by atoms with Crippen LogP contribution in [0.15, 0.2) is 18.5 Å². The van der Waals surface area contributed by atoms with Crippen LogP contribution in [0.3, 0.4) is 0 Å². The lowest BCUT2D eigenvalue weighted by Gasteiger charge is -2.13. The van der Waals surface area contributed by atoms with Crippen LogP contribution in [0.2, 0.25) is 0 Å². The number of rotatable bonds is 2. The lowest BCUT2D eigenvalue weighted by Crippen LogP contribution is -2.24. The van der Waals surface area contributed by atoms with E-state index in [9.17, 15) is 0 Å². The number of fused-ring (bicyclic) bond motifs is 1. The molecule has 2 aromatic rings. The average molecular weight is 231 g/mol. The summed E-state index contributed by atoms with van der Waals surface area (Å²) in [5.74, 6) is 0.938. The monoisotopic (exact) mass is 231 g/mol. The van der Waals surface area contributed by atoms with Crippen molar-refractivity contribution in [3.8, 4) is 0 Å². The van der Waals surface area contributed by atoms with Gasteiger partial charge in [-0.1, -0.05) is 0 Å². The molecule has 2 aromatic heterocycles. The van der Waals surface area contributed by atoms with E-state index < -0.39 is 0 Å². The first-order valence-corrected chi connectivity index (χ1v) is 5.98. The Morgan fingerprint density at radius 3 is 3.12 bits per heavy atom. The van der Waals surface area contributed by atoms with E-state index in [4.69, 9.17) is 0 Å². The highest BCUT2D eigenvalue weighted by Crippen LogP contribution is 2.18. The summed E-state index contributed by atoms with van der Waals surface area (Å²) in [6, 6.07) is 2.56. The lowest BCUT2D eigenvalue weighted by atomic mass is 10.2. The van der Waals surface area contributed by atoms with Gasteiger partial charge in [-0.2, -0.15) is 5.10 Å². The van der Waals surface area contributed by atoms with Crippen molar-refractivity contribution in [3.05, 3.63) is 24.2 Å². The number of hydrogen-bond acceptors (Lipinski definition) is 4. The summed E-state index contributed by atoms with van der Waals surface area (Å²) >= 11 is 0. The minimum atomic E-state index is 0.494. The third kappa shape index (κ3) is 1.98. The van der Waals surface area contributed by atoms with Gasteiger partial charge in [0.25, 0.3) is 0 Å². The van der Waals surface area contributed by atoms with Crippen LogP contribution in [0, 0.1) is 6.92 Å². The fourth-order valence-corrected chi connectivity index (χ4v) is 2.40. The zero-order valence-electron chi connectivity index (χ0n) is 10.2. The Hall–Kier alpha value is -1.62. The topological polar surface area (TPSA) is 45.5 Å². The summed E-state index contributed by atoms with van der Waals surface area (Å²) in [4.78, 5) is 6.75. The van der Waals surface area contributed by atoms with Crippen LogP contribution >= 0.6 is 0 Å². The second-order valence-electron chi connectivity index (χ2n) is 4.78. The Morgan fingerprint density at radius 1 is 1.47 bits per heavy atom. The quantitative estimate of drug-likeness (QED) is 0.842. The van der Waals surface area contributed by atoms with Gasteiger partial charge in [-0.15, -0.1) is 0 Å². The van der Waals surface area contributed by atoms with E-state index in [0.717, 1.165) is 30.1 Å². The smallest absolute Gasteiger partial charge is 0.152 e. The highest BCUT2D eigenvalue weighted by Gasteiger charge is 2.20. The fourth-order valence-electron chi connectivity index (χ4n) is 2.40. The molecule has 5 nitrogen and oxygen atoms in total. The molecule has 0 saturated carbocycles.